The van der Waals surface area contributed by atoms with Crippen molar-refractivity contribution in [2.45, 2.75) is 20.8 Å². The number of nitrogens with zero attached hydrogens (tertiary/aromatic N) is 1. The molecule has 0 aliphatic rings. The molecule has 0 saturated heterocycles. The first-order chi connectivity index (χ1) is 8.30. The van der Waals surface area contributed by atoms with Gasteiger partial charge in [0, 0.05) is 5.56 Å². The first-order valence-corrected chi connectivity index (χ1v) is 6.24. The van der Waals surface area contributed by atoms with Crippen LogP contribution in [-0.2, 0) is 0 Å². The normalized spacial score (nSPS) is 9.88. The Morgan fingerprint density at radius 1 is 1.06 bits per heavy atom. The molecule has 1 rings (SSSR count). The lowest BCUT2D eigenvalue weighted by Gasteiger charge is -2.13. The molecule has 0 aliphatic carbocycles. The molecule has 0 unspecified atom stereocenters. The van der Waals surface area contributed by atoms with Gasteiger partial charge in [0.1, 0.15) is 5.75 Å². The summed E-state index contributed by atoms with van der Waals surface area (Å²) in [6.07, 6.45) is 0. The predicted molar refractivity (Wildman–Crippen MR) is 72.3 cm³/mol. The fourth-order valence-corrected chi connectivity index (χ4v) is 1.50. The monoisotopic (exact) mass is 231 g/mol. The van der Waals surface area contributed by atoms with Gasteiger partial charge in [0.05, 0.1) is 13.2 Å². The van der Waals surface area contributed by atoms with Crippen molar-refractivity contribution in [1.82, 2.24) is 4.90 Å². The molecule has 0 amide bonds. The van der Waals surface area contributed by atoms with Gasteiger partial charge in [-0.2, -0.15) is 0 Å². The van der Waals surface area contributed by atoms with Gasteiger partial charge in [-0.25, -0.2) is 0 Å². The summed E-state index contributed by atoms with van der Waals surface area (Å²) < 4.78 is 5.38. The molecule has 17 heavy (non-hydrogen) atoms. The van der Waals surface area contributed by atoms with E-state index in [2.05, 4.69) is 30.6 Å². The first kappa shape index (κ1) is 13.6. The number of ether oxygens (including phenoxy) is 1. The summed E-state index contributed by atoms with van der Waals surface area (Å²) in [6, 6.07) is 7.93. The highest BCUT2D eigenvalue weighted by atomic mass is 16.5. The summed E-state index contributed by atoms with van der Waals surface area (Å²) in [5.41, 5.74) is 1.04. The van der Waals surface area contributed by atoms with E-state index >= 15 is 0 Å². The molecular weight excluding hydrogens is 210 g/mol. The number of hydrogen-bond acceptors (Lipinski definition) is 2. The van der Waals surface area contributed by atoms with Crippen LogP contribution in [0.25, 0.3) is 0 Å². The standard InChI is InChI=1S/C15H21NO/c1-4-16(5-2)13-7-8-14-9-11-15(12-10-14)17-6-3/h9-12H,4-6,13H2,1-3H3. The second-order valence-corrected chi connectivity index (χ2v) is 3.72. The fraction of sp³-hybridized carbons (Fsp3) is 0.467. The van der Waals surface area contributed by atoms with Crippen LogP contribution in [-0.4, -0.2) is 31.1 Å². The van der Waals surface area contributed by atoms with Gasteiger partial charge in [-0.15, -0.1) is 0 Å². The molecule has 92 valence electrons. The Labute approximate surface area is 105 Å². The van der Waals surface area contributed by atoms with Gasteiger partial charge in [-0.05, 0) is 44.3 Å². The van der Waals surface area contributed by atoms with E-state index in [1.54, 1.807) is 0 Å². The minimum absolute atomic E-state index is 0.701. The van der Waals surface area contributed by atoms with Crippen LogP contribution in [0.15, 0.2) is 24.3 Å². The summed E-state index contributed by atoms with van der Waals surface area (Å²) in [6.45, 7) is 9.93. The summed E-state index contributed by atoms with van der Waals surface area (Å²) in [7, 11) is 0. The van der Waals surface area contributed by atoms with E-state index < -0.39 is 0 Å². The van der Waals surface area contributed by atoms with Gasteiger partial charge in [-0.3, -0.25) is 4.90 Å². The number of benzene rings is 1. The van der Waals surface area contributed by atoms with Gasteiger partial charge in [-0.1, -0.05) is 25.7 Å². The summed E-state index contributed by atoms with van der Waals surface area (Å²) in [5.74, 6) is 7.26. The third kappa shape index (κ3) is 4.93. The summed E-state index contributed by atoms with van der Waals surface area (Å²) >= 11 is 0. The SMILES string of the molecule is CCOc1ccc(C#CCN(CC)CC)cc1. The quantitative estimate of drug-likeness (QED) is 0.722. The van der Waals surface area contributed by atoms with Crippen molar-refractivity contribution < 1.29 is 4.74 Å². The minimum atomic E-state index is 0.701. The molecule has 0 heterocycles. The Bertz CT molecular complexity index is 368. The Hall–Kier alpha value is -1.46. The highest BCUT2D eigenvalue weighted by Gasteiger charge is 1.94. The summed E-state index contributed by atoms with van der Waals surface area (Å²) in [5, 5.41) is 0. The van der Waals surface area contributed by atoms with Gasteiger partial charge >= 0.3 is 0 Å². The van der Waals surface area contributed by atoms with E-state index in [1.165, 1.54) is 0 Å². The summed E-state index contributed by atoms with van der Waals surface area (Å²) in [4.78, 5) is 2.29. The number of hydrogen-bond donors (Lipinski definition) is 0. The molecule has 0 aliphatic heterocycles. The zero-order chi connectivity index (χ0) is 12.5. The molecule has 0 N–H and O–H groups in total. The van der Waals surface area contributed by atoms with Crippen LogP contribution in [0.5, 0.6) is 5.75 Å². The third-order valence-corrected chi connectivity index (χ3v) is 2.60. The van der Waals surface area contributed by atoms with Crippen LogP contribution in [0.1, 0.15) is 26.3 Å². The van der Waals surface area contributed by atoms with Gasteiger partial charge in [0.25, 0.3) is 0 Å². The molecule has 0 spiro atoms. The van der Waals surface area contributed by atoms with Crippen molar-refractivity contribution in [3.8, 4) is 17.6 Å². The lowest BCUT2D eigenvalue weighted by Crippen LogP contribution is -2.22. The van der Waals surface area contributed by atoms with Crippen LogP contribution in [0.2, 0.25) is 0 Å². The van der Waals surface area contributed by atoms with Crippen molar-refractivity contribution >= 4 is 0 Å². The van der Waals surface area contributed by atoms with E-state index in [4.69, 9.17) is 4.74 Å². The Morgan fingerprint density at radius 2 is 1.71 bits per heavy atom. The van der Waals surface area contributed by atoms with Crippen molar-refractivity contribution in [2.24, 2.45) is 0 Å². The van der Waals surface area contributed by atoms with Crippen molar-refractivity contribution in [1.29, 1.82) is 0 Å². The third-order valence-electron chi connectivity index (χ3n) is 2.60. The van der Waals surface area contributed by atoms with E-state index in [9.17, 15) is 0 Å². The topological polar surface area (TPSA) is 12.5 Å². The molecule has 0 saturated carbocycles. The van der Waals surface area contributed by atoms with Crippen LogP contribution in [0, 0.1) is 11.8 Å². The fourth-order valence-electron chi connectivity index (χ4n) is 1.50. The van der Waals surface area contributed by atoms with Crippen molar-refractivity contribution in [3.63, 3.8) is 0 Å². The average molecular weight is 231 g/mol. The minimum Gasteiger partial charge on any atom is -0.494 e. The molecular formula is C15H21NO. The largest absolute Gasteiger partial charge is 0.494 e. The molecule has 2 heteroatoms. The van der Waals surface area contributed by atoms with Gasteiger partial charge < -0.3 is 4.74 Å². The molecule has 0 atom stereocenters. The van der Waals surface area contributed by atoms with E-state index in [0.717, 1.165) is 30.9 Å². The maximum Gasteiger partial charge on any atom is 0.119 e. The molecule has 0 fully saturated rings. The Morgan fingerprint density at radius 3 is 2.24 bits per heavy atom. The highest BCUT2D eigenvalue weighted by Crippen LogP contribution is 2.10. The van der Waals surface area contributed by atoms with Crippen LogP contribution in [0.3, 0.4) is 0 Å². The number of rotatable bonds is 5. The van der Waals surface area contributed by atoms with Crippen LogP contribution >= 0.6 is 0 Å². The van der Waals surface area contributed by atoms with Crippen molar-refractivity contribution in [2.75, 3.05) is 26.2 Å². The zero-order valence-electron chi connectivity index (χ0n) is 11.0. The van der Waals surface area contributed by atoms with E-state index in [0.29, 0.717) is 6.61 Å². The molecule has 0 aromatic heterocycles. The lowest BCUT2D eigenvalue weighted by atomic mass is 10.2. The molecule has 0 bridgehead atoms. The Balaban J connectivity index is 2.54. The van der Waals surface area contributed by atoms with Gasteiger partial charge in [0.2, 0.25) is 0 Å². The lowest BCUT2D eigenvalue weighted by molar-refractivity contribution is 0.340. The molecule has 2 nitrogen and oxygen atoms in total. The first-order valence-electron chi connectivity index (χ1n) is 6.24. The van der Waals surface area contributed by atoms with Crippen molar-refractivity contribution in [3.05, 3.63) is 29.8 Å². The molecule has 0 radical (unpaired) electrons. The smallest absolute Gasteiger partial charge is 0.119 e. The highest BCUT2D eigenvalue weighted by molar-refractivity contribution is 5.38. The molecule has 1 aromatic carbocycles. The van der Waals surface area contributed by atoms with Crippen LogP contribution in [0.4, 0.5) is 0 Å². The van der Waals surface area contributed by atoms with E-state index in [-0.39, 0.29) is 0 Å². The molecule has 1 aromatic rings. The predicted octanol–water partition coefficient (Wildman–Crippen LogP) is 2.78. The maximum absolute atomic E-state index is 5.38. The second-order valence-electron chi connectivity index (χ2n) is 3.72. The van der Waals surface area contributed by atoms with Gasteiger partial charge in [0.15, 0.2) is 0 Å². The van der Waals surface area contributed by atoms with Crippen LogP contribution < -0.4 is 4.74 Å². The zero-order valence-corrected chi connectivity index (χ0v) is 11.0. The average Bonchev–Trinajstić information content (AvgIpc) is 2.37. The Kier molecular flexibility index (Phi) is 6.21. The second kappa shape index (κ2) is 7.76. The maximum atomic E-state index is 5.38. The van der Waals surface area contributed by atoms with E-state index in [1.807, 2.05) is 31.2 Å².